The van der Waals surface area contributed by atoms with Crippen LogP contribution >= 0.6 is 0 Å². The van der Waals surface area contributed by atoms with E-state index < -0.39 is 0 Å². The molecule has 0 aromatic rings. The molecule has 0 bridgehead atoms. The van der Waals surface area contributed by atoms with Crippen molar-refractivity contribution in [2.45, 2.75) is 45.2 Å². The first kappa shape index (κ1) is 12.5. The molecule has 0 aromatic heterocycles. The number of hydrogen-bond donors (Lipinski definition) is 2. The number of nitrogens with zero attached hydrogens (tertiary/aromatic N) is 1. The van der Waals surface area contributed by atoms with Crippen LogP contribution in [0.2, 0.25) is 0 Å². The Morgan fingerprint density at radius 3 is 2.93 bits per heavy atom. The molecule has 0 aliphatic carbocycles. The summed E-state index contributed by atoms with van der Waals surface area (Å²) in [5.74, 6) is 0.130. The minimum absolute atomic E-state index is 0.130. The van der Waals surface area contributed by atoms with E-state index in [9.17, 15) is 4.79 Å². The van der Waals surface area contributed by atoms with Crippen molar-refractivity contribution in [3.63, 3.8) is 0 Å². The fourth-order valence-corrected chi connectivity index (χ4v) is 2.03. The molecule has 0 aromatic carbocycles. The summed E-state index contributed by atoms with van der Waals surface area (Å²) in [6, 6.07) is 0.546. The van der Waals surface area contributed by atoms with Gasteiger partial charge in [0.05, 0.1) is 6.54 Å². The van der Waals surface area contributed by atoms with Gasteiger partial charge in [-0.3, -0.25) is 9.69 Å². The molecule has 88 valence electrons. The zero-order chi connectivity index (χ0) is 11.3. The number of nitrogens with two attached hydrogens (primary N) is 1. The monoisotopic (exact) mass is 213 g/mol. The van der Waals surface area contributed by atoms with Gasteiger partial charge in [0.15, 0.2) is 0 Å². The van der Waals surface area contributed by atoms with Gasteiger partial charge in [0.1, 0.15) is 0 Å². The van der Waals surface area contributed by atoms with Crippen LogP contribution in [0.15, 0.2) is 0 Å². The van der Waals surface area contributed by atoms with Gasteiger partial charge in [0.2, 0.25) is 5.91 Å². The molecule has 1 fully saturated rings. The highest BCUT2D eigenvalue weighted by atomic mass is 16.2. The SMILES string of the molecule is CCCC(C)NC(=O)CN1CCC(N)C1. The Bertz CT molecular complexity index is 208. The Balaban J connectivity index is 2.18. The van der Waals surface area contributed by atoms with Crippen LogP contribution in [0.1, 0.15) is 33.1 Å². The van der Waals surface area contributed by atoms with Crippen molar-refractivity contribution in [1.82, 2.24) is 10.2 Å². The largest absolute Gasteiger partial charge is 0.353 e. The van der Waals surface area contributed by atoms with Crippen molar-refractivity contribution in [3.8, 4) is 0 Å². The number of nitrogens with one attached hydrogen (secondary N) is 1. The predicted octanol–water partition coefficient (Wildman–Crippen LogP) is 0.324. The van der Waals surface area contributed by atoms with Crippen LogP contribution in [0, 0.1) is 0 Å². The highest BCUT2D eigenvalue weighted by molar-refractivity contribution is 5.78. The zero-order valence-electron chi connectivity index (χ0n) is 9.83. The molecule has 0 saturated carbocycles. The molecular formula is C11H23N3O. The molecule has 3 N–H and O–H groups in total. The van der Waals surface area contributed by atoms with Gasteiger partial charge in [-0.05, 0) is 19.8 Å². The average Bonchev–Trinajstić information content (AvgIpc) is 2.51. The van der Waals surface area contributed by atoms with Crippen LogP contribution in [0.5, 0.6) is 0 Å². The molecule has 0 radical (unpaired) electrons. The number of hydrogen-bond acceptors (Lipinski definition) is 3. The molecule has 4 heteroatoms. The molecular weight excluding hydrogens is 190 g/mol. The van der Waals surface area contributed by atoms with E-state index in [1.54, 1.807) is 0 Å². The lowest BCUT2D eigenvalue weighted by Crippen LogP contribution is -2.40. The van der Waals surface area contributed by atoms with E-state index in [1.165, 1.54) is 0 Å². The first-order chi connectivity index (χ1) is 7.11. The third-order valence-electron chi connectivity index (χ3n) is 2.81. The maximum atomic E-state index is 11.6. The van der Waals surface area contributed by atoms with Crippen LogP contribution in [0.3, 0.4) is 0 Å². The number of rotatable bonds is 5. The lowest BCUT2D eigenvalue weighted by molar-refractivity contribution is -0.122. The maximum Gasteiger partial charge on any atom is 0.234 e. The standard InChI is InChI=1S/C11H23N3O/c1-3-4-9(2)13-11(15)8-14-6-5-10(12)7-14/h9-10H,3-8,12H2,1-2H3,(H,13,15). The van der Waals surface area contributed by atoms with Crippen molar-refractivity contribution in [3.05, 3.63) is 0 Å². The Kier molecular flexibility index (Phi) is 5.05. The Morgan fingerprint density at radius 2 is 2.40 bits per heavy atom. The Morgan fingerprint density at radius 1 is 1.67 bits per heavy atom. The van der Waals surface area contributed by atoms with Crippen LogP contribution in [0.4, 0.5) is 0 Å². The highest BCUT2D eigenvalue weighted by Gasteiger charge is 2.21. The van der Waals surface area contributed by atoms with Crippen molar-refractivity contribution < 1.29 is 4.79 Å². The van der Waals surface area contributed by atoms with Crippen molar-refractivity contribution in [2.24, 2.45) is 5.73 Å². The van der Waals surface area contributed by atoms with E-state index in [2.05, 4.69) is 24.1 Å². The minimum atomic E-state index is 0.130. The smallest absolute Gasteiger partial charge is 0.234 e. The molecule has 15 heavy (non-hydrogen) atoms. The Hall–Kier alpha value is -0.610. The van der Waals surface area contributed by atoms with E-state index in [-0.39, 0.29) is 11.9 Å². The first-order valence-electron chi connectivity index (χ1n) is 5.89. The van der Waals surface area contributed by atoms with Crippen LogP contribution in [0.25, 0.3) is 0 Å². The molecule has 1 heterocycles. The third-order valence-corrected chi connectivity index (χ3v) is 2.81. The number of carbonyl (C=O) groups excluding carboxylic acids is 1. The second-order valence-corrected chi connectivity index (χ2v) is 4.54. The summed E-state index contributed by atoms with van der Waals surface area (Å²) in [4.78, 5) is 13.7. The van der Waals surface area contributed by atoms with Gasteiger partial charge in [-0.15, -0.1) is 0 Å². The molecule has 4 nitrogen and oxygen atoms in total. The van der Waals surface area contributed by atoms with Crippen LogP contribution < -0.4 is 11.1 Å². The summed E-state index contributed by atoms with van der Waals surface area (Å²) in [6.45, 7) is 6.49. The maximum absolute atomic E-state index is 11.6. The van der Waals surface area contributed by atoms with Gasteiger partial charge in [-0.2, -0.15) is 0 Å². The van der Waals surface area contributed by atoms with Gasteiger partial charge >= 0.3 is 0 Å². The van der Waals surface area contributed by atoms with Gasteiger partial charge in [-0.1, -0.05) is 13.3 Å². The molecule has 1 aliphatic heterocycles. The topological polar surface area (TPSA) is 58.4 Å². The lowest BCUT2D eigenvalue weighted by atomic mass is 10.2. The fraction of sp³-hybridized carbons (Fsp3) is 0.909. The second kappa shape index (κ2) is 6.08. The second-order valence-electron chi connectivity index (χ2n) is 4.54. The number of amides is 1. The quantitative estimate of drug-likeness (QED) is 0.691. The molecule has 1 aliphatic rings. The van der Waals surface area contributed by atoms with Gasteiger partial charge in [0, 0.05) is 25.2 Å². The zero-order valence-corrected chi connectivity index (χ0v) is 9.83. The molecule has 2 atom stereocenters. The highest BCUT2D eigenvalue weighted by Crippen LogP contribution is 2.05. The summed E-state index contributed by atoms with van der Waals surface area (Å²) >= 11 is 0. The molecule has 1 rings (SSSR count). The molecule has 2 unspecified atom stereocenters. The third kappa shape index (κ3) is 4.62. The van der Waals surface area contributed by atoms with Crippen molar-refractivity contribution in [2.75, 3.05) is 19.6 Å². The van der Waals surface area contributed by atoms with E-state index in [0.717, 1.165) is 32.4 Å². The summed E-state index contributed by atoms with van der Waals surface area (Å²) in [7, 11) is 0. The van der Waals surface area contributed by atoms with Gasteiger partial charge in [0.25, 0.3) is 0 Å². The lowest BCUT2D eigenvalue weighted by Gasteiger charge is -2.17. The van der Waals surface area contributed by atoms with E-state index >= 15 is 0 Å². The van der Waals surface area contributed by atoms with E-state index in [4.69, 9.17) is 5.73 Å². The number of carbonyl (C=O) groups is 1. The first-order valence-corrected chi connectivity index (χ1v) is 5.89. The molecule has 0 spiro atoms. The molecule has 1 saturated heterocycles. The summed E-state index contributed by atoms with van der Waals surface area (Å²) in [5.41, 5.74) is 5.78. The summed E-state index contributed by atoms with van der Waals surface area (Å²) in [6.07, 6.45) is 3.17. The summed E-state index contributed by atoms with van der Waals surface area (Å²) < 4.78 is 0. The normalized spacial score (nSPS) is 24.1. The van der Waals surface area contributed by atoms with Crippen LogP contribution in [-0.2, 0) is 4.79 Å². The van der Waals surface area contributed by atoms with E-state index in [1.807, 2.05) is 0 Å². The van der Waals surface area contributed by atoms with Gasteiger partial charge < -0.3 is 11.1 Å². The summed E-state index contributed by atoms with van der Waals surface area (Å²) in [5, 5.41) is 3.00. The minimum Gasteiger partial charge on any atom is -0.353 e. The number of likely N-dealkylation sites (tertiary alicyclic amines) is 1. The van der Waals surface area contributed by atoms with Gasteiger partial charge in [-0.25, -0.2) is 0 Å². The van der Waals surface area contributed by atoms with Crippen molar-refractivity contribution in [1.29, 1.82) is 0 Å². The predicted molar refractivity (Wildman–Crippen MR) is 61.5 cm³/mol. The van der Waals surface area contributed by atoms with Crippen LogP contribution in [-0.4, -0.2) is 42.5 Å². The van der Waals surface area contributed by atoms with E-state index in [0.29, 0.717) is 12.6 Å². The average molecular weight is 213 g/mol. The fourth-order valence-electron chi connectivity index (χ4n) is 2.03. The van der Waals surface area contributed by atoms with Crippen molar-refractivity contribution >= 4 is 5.91 Å². The molecule has 1 amide bonds. The Labute approximate surface area is 92.2 Å².